The molecule has 1 aromatic rings. The third-order valence-electron chi connectivity index (χ3n) is 1.61. The molecule has 0 bridgehead atoms. The van der Waals surface area contributed by atoms with E-state index < -0.39 is 5.97 Å². The van der Waals surface area contributed by atoms with Gasteiger partial charge in [0.25, 0.3) is 0 Å². The van der Waals surface area contributed by atoms with Crippen LogP contribution in [0.5, 0.6) is 11.6 Å². The van der Waals surface area contributed by atoms with Crippen molar-refractivity contribution >= 4 is 29.2 Å². The smallest absolute Gasteiger partial charge is 0.356 e. The molecule has 1 aromatic heterocycles. The van der Waals surface area contributed by atoms with Crippen LogP contribution >= 0.6 is 23.2 Å². The van der Waals surface area contributed by atoms with E-state index >= 15 is 0 Å². The molecule has 0 spiro atoms. The fourth-order valence-electron chi connectivity index (χ4n) is 0.957. The average Bonchev–Trinajstić information content (AvgIpc) is 2.18. The standard InChI is InChI=1S/C8H7Cl2NO4/c1-14-6-3(9)5(8(12)13)11-7(15-2)4(6)10/h1-2H3,(H,12,13). The second kappa shape index (κ2) is 4.55. The van der Waals surface area contributed by atoms with E-state index in [1.165, 1.54) is 14.2 Å². The van der Waals surface area contributed by atoms with Gasteiger partial charge in [-0.15, -0.1) is 0 Å². The third-order valence-corrected chi connectivity index (χ3v) is 2.29. The van der Waals surface area contributed by atoms with Gasteiger partial charge in [-0.2, -0.15) is 0 Å². The summed E-state index contributed by atoms with van der Waals surface area (Å²) < 4.78 is 9.65. The minimum absolute atomic E-state index is 0.0302. The van der Waals surface area contributed by atoms with Gasteiger partial charge in [0.2, 0.25) is 5.88 Å². The number of carboxylic acid groups (broad SMARTS) is 1. The lowest BCUT2D eigenvalue weighted by atomic mass is 10.3. The van der Waals surface area contributed by atoms with Crippen molar-refractivity contribution in [1.82, 2.24) is 4.98 Å². The maximum atomic E-state index is 10.8. The molecule has 7 heteroatoms. The molecule has 0 fully saturated rings. The number of nitrogens with zero attached hydrogens (tertiary/aromatic N) is 1. The Bertz CT molecular complexity index is 408. The first kappa shape index (κ1) is 11.9. The van der Waals surface area contributed by atoms with Gasteiger partial charge in [-0.1, -0.05) is 23.2 Å². The van der Waals surface area contributed by atoms with Crippen molar-refractivity contribution < 1.29 is 19.4 Å². The predicted molar refractivity (Wildman–Crippen MR) is 54.3 cm³/mol. The summed E-state index contributed by atoms with van der Waals surface area (Å²) in [4.78, 5) is 14.4. The van der Waals surface area contributed by atoms with Crippen LogP contribution < -0.4 is 9.47 Å². The minimum atomic E-state index is -1.28. The van der Waals surface area contributed by atoms with Gasteiger partial charge in [-0.05, 0) is 0 Å². The summed E-state index contributed by atoms with van der Waals surface area (Å²) in [5.41, 5.74) is -0.366. The summed E-state index contributed by atoms with van der Waals surface area (Å²) in [5.74, 6) is -1.30. The number of carbonyl (C=O) groups is 1. The molecule has 15 heavy (non-hydrogen) atoms. The number of aromatic carboxylic acids is 1. The summed E-state index contributed by atoms with van der Waals surface area (Å²) in [6.07, 6.45) is 0. The van der Waals surface area contributed by atoms with Crippen LogP contribution in [0.3, 0.4) is 0 Å². The van der Waals surface area contributed by atoms with E-state index in [4.69, 9.17) is 37.8 Å². The zero-order valence-electron chi connectivity index (χ0n) is 7.88. The molecule has 1 rings (SSSR count). The van der Waals surface area contributed by atoms with Crippen molar-refractivity contribution in [3.8, 4) is 11.6 Å². The van der Waals surface area contributed by atoms with Crippen molar-refractivity contribution in [2.75, 3.05) is 14.2 Å². The Morgan fingerprint density at radius 2 is 1.87 bits per heavy atom. The van der Waals surface area contributed by atoms with E-state index in [0.29, 0.717) is 0 Å². The molecule has 1 N–H and O–H groups in total. The van der Waals surface area contributed by atoms with Crippen LogP contribution in [-0.4, -0.2) is 30.3 Å². The highest BCUT2D eigenvalue weighted by Crippen LogP contribution is 2.39. The molecule has 0 unspecified atom stereocenters. The zero-order valence-corrected chi connectivity index (χ0v) is 9.39. The van der Waals surface area contributed by atoms with E-state index in [1.807, 2.05) is 0 Å². The Hall–Kier alpha value is -1.20. The van der Waals surface area contributed by atoms with Gasteiger partial charge >= 0.3 is 5.97 Å². The molecule has 0 amide bonds. The zero-order chi connectivity index (χ0) is 11.6. The number of rotatable bonds is 3. The van der Waals surface area contributed by atoms with E-state index in [1.54, 1.807) is 0 Å². The number of hydrogen-bond acceptors (Lipinski definition) is 4. The van der Waals surface area contributed by atoms with Crippen molar-refractivity contribution in [3.05, 3.63) is 15.7 Å². The second-order valence-electron chi connectivity index (χ2n) is 2.44. The molecule has 0 atom stereocenters. The van der Waals surface area contributed by atoms with Crippen LogP contribution in [0.2, 0.25) is 10.0 Å². The lowest BCUT2D eigenvalue weighted by Gasteiger charge is -2.10. The number of halogens is 2. The topological polar surface area (TPSA) is 68.7 Å². The summed E-state index contributed by atoms with van der Waals surface area (Å²) in [5, 5.41) is 8.68. The molecular formula is C8H7Cl2NO4. The summed E-state index contributed by atoms with van der Waals surface area (Å²) in [6.45, 7) is 0. The molecule has 0 saturated heterocycles. The molecular weight excluding hydrogens is 245 g/mol. The molecule has 0 aliphatic rings. The van der Waals surface area contributed by atoms with Gasteiger partial charge in [0.15, 0.2) is 11.4 Å². The van der Waals surface area contributed by atoms with E-state index in [9.17, 15) is 4.79 Å². The normalized spacial score (nSPS) is 9.87. The van der Waals surface area contributed by atoms with Crippen LogP contribution in [0.15, 0.2) is 0 Å². The van der Waals surface area contributed by atoms with Gasteiger partial charge in [0.1, 0.15) is 10.0 Å². The molecule has 1 heterocycles. The fraction of sp³-hybridized carbons (Fsp3) is 0.250. The Balaban J connectivity index is 3.51. The molecule has 0 saturated carbocycles. The second-order valence-corrected chi connectivity index (χ2v) is 3.19. The average molecular weight is 252 g/mol. The lowest BCUT2D eigenvalue weighted by molar-refractivity contribution is 0.0689. The highest BCUT2D eigenvalue weighted by atomic mass is 35.5. The van der Waals surface area contributed by atoms with Crippen molar-refractivity contribution in [2.24, 2.45) is 0 Å². The Morgan fingerprint density at radius 3 is 2.27 bits per heavy atom. The van der Waals surface area contributed by atoms with Crippen molar-refractivity contribution in [3.63, 3.8) is 0 Å². The van der Waals surface area contributed by atoms with Crippen LogP contribution in [0, 0.1) is 0 Å². The third kappa shape index (κ3) is 2.08. The Morgan fingerprint density at radius 1 is 1.27 bits per heavy atom. The van der Waals surface area contributed by atoms with E-state index in [-0.39, 0.29) is 27.4 Å². The van der Waals surface area contributed by atoms with Gasteiger partial charge in [-0.25, -0.2) is 9.78 Å². The molecule has 5 nitrogen and oxygen atoms in total. The number of pyridine rings is 1. The number of methoxy groups -OCH3 is 2. The van der Waals surface area contributed by atoms with Gasteiger partial charge in [0.05, 0.1) is 14.2 Å². The number of carboxylic acids is 1. The van der Waals surface area contributed by atoms with Crippen LogP contribution in [-0.2, 0) is 0 Å². The van der Waals surface area contributed by atoms with Gasteiger partial charge < -0.3 is 14.6 Å². The number of hydrogen-bond donors (Lipinski definition) is 1. The minimum Gasteiger partial charge on any atom is -0.493 e. The fourth-order valence-corrected chi connectivity index (χ4v) is 1.59. The monoisotopic (exact) mass is 251 g/mol. The summed E-state index contributed by atoms with van der Waals surface area (Å²) in [7, 11) is 2.63. The van der Waals surface area contributed by atoms with Gasteiger partial charge in [-0.3, -0.25) is 0 Å². The van der Waals surface area contributed by atoms with Crippen molar-refractivity contribution in [1.29, 1.82) is 0 Å². The molecule has 0 aliphatic carbocycles. The first-order chi connectivity index (χ1) is 7.02. The largest absolute Gasteiger partial charge is 0.493 e. The van der Waals surface area contributed by atoms with Crippen LogP contribution in [0.1, 0.15) is 10.5 Å². The highest BCUT2D eigenvalue weighted by Gasteiger charge is 2.22. The maximum Gasteiger partial charge on any atom is 0.356 e. The SMILES string of the molecule is COc1nc(C(=O)O)c(Cl)c(OC)c1Cl. The summed E-state index contributed by atoms with van der Waals surface area (Å²) in [6, 6.07) is 0. The molecule has 0 radical (unpaired) electrons. The molecule has 82 valence electrons. The van der Waals surface area contributed by atoms with E-state index in [2.05, 4.69) is 4.98 Å². The first-order valence-corrected chi connectivity index (χ1v) is 4.48. The quantitative estimate of drug-likeness (QED) is 0.891. The molecule has 0 aromatic carbocycles. The maximum absolute atomic E-state index is 10.8. The number of aromatic nitrogens is 1. The molecule has 0 aliphatic heterocycles. The summed E-state index contributed by atoms with van der Waals surface area (Å²) >= 11 is 11.5. The van der Waals surface area contributed by atoms with Crippen LogP contribution in [0.25, 0.3) is 0 Å². The highest BCUT2D eigenvalue weighted by molar-refractivity contribution is 6.39. The van der Waals surface area contributed by atoms with Crippen molar-refractivity contribution in [2.45, 2.75) is 0 Å². The van der Waals surface area contributed by atoms with E-state index in [0.717, 1.165) is 0 Å². The Kier molecular flexibility index (Phi) is 3.60. The van der Waals surface area contributed by atoms with Gasteiger partial charge in [0, 0.05) is 0 Å². The van der Waals surface area contributed by atoms with Crippen LogP contribution in [0.4, 0.5) is 0 Å². The predicted octanol–water partition coefficient (Wildman–Crippen LogP) is 2.10. The number of ether oxygens (including phenoxy) is 2. The Labute approximate surface area is 95.5 Å². The lowest BCUT2D eigenvalue weighted by Crippen LogP contribution is -2.05. The first-order valence-electron chi connectivity index (χ1n) is 3.73.